The van der Waals surface area contributed by atoms with Crippen LogP contribution in [0, 0.1) is 0 Å². The second kappa shape index (κ2) is 3.05. The second-order valence-electron chi connectivity index (χ2n) is 4.00. The van der Waals surface area contributed by atoms with E-state index in [0.717, 1.165) is 6.54 Å². The first kappa shape index (κ1) is 8.05. The molecule has 1 fully saturated rings. The first-order chi connectivity index (χ1) is 5.77. The number of fused-ring (bicyclic) bond motifs is 1. The van der Waals surface area contributed by atoms with E-state index >= 15 is 0 Å². The summed E-state index contributed by atoms with van der Waals surface area (Å²) in [4.78, 5) is 6.91. The van der Waals surface area contributed by atoms with Crippen LogP contribution in [0.15, 0.2) is 4.99 Å². The molecular formula is C9H17N3. The predicted molar refractivity (Wildman–Crippen MR) is 50.5 cm³/mol. The largest absolute Gasteiger partial charge is 0.370 e. The minimum Gasteiger partial charge on any atom is -0.370 e. The van der Waals surface area contributed by atoms with Crippen LogP contribution in [-0.2, 0) is 0 Å². The number of nitrogens with one attached hydrogen (secondary N) is 1. The van der Waals surface area contributed by atoms with Crippen LogP contribution in [0.3, 0.4) is 0 Å². The number of hydrogen-bond acceptors (Lipinski definition) is 3. The highest BCUT2D eigenvalue weighted by atomic mass is 15.2. The van der Waals surface area contributed by atoms with Gasteiger partial charge in [-0.1, -0.05) is 0 Å². The molecule has 1 N–H and O–H groups in total. The van der Waals surface area contributed by atoms with Gasteiger partial charge in [-0.2, -0.15) is 0 Å². The van der Waals surface area contributed by atoms with Crippen molar-refractivity contribution in [3.63, 3.8) is 0 Å². The molecule has 2 aliphatic rings. The molecule has 2 rings (SSSR count). The van der Waals surface area contributed by atoms with Gasteiger partial charge in [-0.15, -0.1) is 0 Å². The normalized spacial score (nSPS) is 35.2. The summed E-state index contributed by atoms with van der Waals surface area (Å²) < 4.78 is 0. The fourth-order valence-electron chi connectivity index (χ4n) is 2.01. The lowest BCUT2D eigenvalue weighted by molar-refractivity contribution is 0.155. The van der Waals surface area contributed by atoms with Crippen molar-refractivity contribution < 1.29 is 0 Å². The highest BCUT2D eigenvalue weighted by molar-refractivity contribution is 5.58. The molecule has 1 saturated heterocycles. The Labute approximate surface area is 73.9 Å². The van der Waals surface area contributed by atoms with Gasteiger partial charge in [0.15, 0.2) is 0 Å². The Hall–Kier alpha value is -0.570. The average Bonchev–Trinajstić information content (AvgIpc) is 2.49. The SMILES string of the molecule is CC(C)N1CCC2N=CNC2C1. The highest BCUT2D eigenvalue weighted by Crippen LogP contribution is 2.18. The molecule has 0 bridgehead atoms. The van der Waals surface area contributed by atoms with Crippen LogP contribution >= 0.6 is 0 Å². The van der Waals surface area contributed by atoms with Gasteiger partial charge in [0, 0.05) is 19.1 Å². The van der Waals surface area contributed by atoms with Crippen LogP contribution in [-0.4, -0.2) is 42.5 Å². The maximum atomic E-state index is 4.39. The Bertz CT molecular complexity index is 188. The number of aliphatic imine (C=N–C) groups is 1. The smallest absolute Gasteiger partial charge is 0.0831 e. The van der Waals surface area contributed by atoms with Crippen molar-refractivity contribution in [2.45, 2.75) is 38.4 Å². The number of likely N-dealkylation sites (tertiary alicyclic amines) is 1. The molecule has 68 valence electrons. The summed E-state index contributed by atoms with van der Waals surface area (Å²) in [5, 5.41) is 3.31. The first-order valence-corrected chi connectivity index (χ1v) is 4.79. The molecule has 2 atom stereocenters. The van der Waals surface area contributed by atoms with Crippen molar-refractivity contribution in [2.75, 3.05) is 13.1 Å². The molecule has 0 aliphatic carbocycles. The summed E-state index contributed by atoms with van der Waals surface area (Å²) in [7, 11) is 0. The Morgan fingerprint density at radius 1 is 1.58 bits per heavy atom. The predicted octanol–water partition coefficient (Wildman–Crippen LogP) is 0.469. The summed E-state index contributed by atoms with van der Waals surface area (Å²) in [6.45, 7) is 6.88. The molecule has 0 aromatic heterocycles. The molecule has 2 heterocycles. The summed E-state index contributed by atoms with van der Waals surface area (Å²) in [5.41, 5.74) is 0. The average molecular weight is 167 g/mol. The van der Waals surface area contributed by atoms with Crippen LogP contribution in [0.1, 0.15) is 20.3 Å². The van der Waals surface area contributed by atoms with Gasteiger partial charge in [-0.3, -0.25) is 9.89 Å². The third-order valence-corrected chi connectivity index (χ3v) is 2.89. The van der Waals surface area contributed by atoms with E-state index in [1.54, 1.807) is 0 Å². The zero-order valence-electron chi connectivity index (χ0n) is 7.83. The molecular weight excluding hydrogens is 150 g/mol. The molecule has 12 heavy (non-hydrogen) atoms. The fraction of sp³-hybridized carbons (Fsp3) is 0.889. The minimum atomic E-state index is 0.556. The highest BCUT2D eigenvalue weighted by Gasteiger charge is 2.31. The van der Waals surface area contributed by atoms with Crippen molar-refractivity contribution in [2.24, 2.45) is 4.99 Å². The molecule has 0 aromatic rings. The Balaban J connectivity index is 1.94. The van der Waals surface area contributed by atoms with Crippen molar-refractivity contribution in [3.05, 3.63) is 0 Å². The number of rotatable bonds is 1. The molecule has 2 unspecified atom stereocenters. The van der Waals surface area contributed by atoms with Crippen LogP contribution in [0.5, 0.6) is 0 Å². The van der Waals surface area contributed by atoms with Crippen molar-refractivity contribution in [3.8, 4) is 0 Å². The lowest BCUT2D eigenvalue weighted by Crippen LogP contribution is -2.51. The second-order valence-corrected chi connectivity index (χ2v) is 4.00. The van der Waals surface area contributed by atoms with E-state index in [0.29, 0.717) is 18.1 Å². The van der Waals surface area contributed by atoms with Gasteiger partial charge in [-0.05, 0) is 20.3 Å². The molecule has 0 aromatic carbocycles. The van der Waals surface area contributed by atoms with Gasteiger partial charge >= 0.3 is 0 Å². The molecule has 2 aliphatic heterocycles. The van der Waals surface area contributed by atoms with Gasteiger partial charge < -0.3 is 5.32 Å². The third-order valence-electron chi connectivity index (χ3n) is 2.89. The van der Waals surface area contributed by atoms with Gasteiger partial charge in [0.2, 0.25) is 0 Å². The van der Waals surface area contributed by atoms with Crippen molar-refractivity contribution in [1.82, 2.24) is 10.2 Å². The molecule has 3 nitrogen and oxygen atoms in total. The maximum absolute atomic E-state index is 4.39. The van der Waals surface area contributed by atoms with Crippen LogP contribution in [0.25, 0.3) is 0 Å². The van der Waals surface area contributed by atoms with Crippen LogP contribution in [0.2, 0.25) is 0 Å². The quantitative estimate of drug-likeness (QED) is 0.614. The topological polar surface area (TPSA) is 27.6 Å². The summed E-state index contributed by atoms with van der Waals surface area (Å²) in [5.74, 6) is 0. The van der Waals surface area contributed by atoms with E-state index in [4.69, 9.17) is 0 Å². The third kappa shape index (κ3) is 1.33. The lowest BCUT2D eigenvalue weighted by atomic mass is 10.00. The zero-order valence-corrected chi connectivity index (χ0v) is 7.83. The fourth-order valence-corrected chi connectivity index (χ4v) is 2.01. The molecule has 0 amide bonds. The molecule has 0 radical (unpaired) electrons. The van der Waals surface area contributed by atoms with E-state index in [2.05, 4.69) is 29.1 Å². The number of hydrogen-bond donors (Lipinski definition) is 1. The molecule has 3 heteroatoms. The summed E-state index contributed by atoms with van der Waals surface area (Å²) in [6.07, 6.45) is 3.09. The Kier molecular flexibility index (Phi) is 2.05. The van der Waals surface area contributed by atoms with Crippen molar-refractivity contribution in [1.29, 1.82) is 0 Å². The molecule has 0 saturated carbocycles. The number of piperidine rings is 1. The van der Waals surface area contributed by atoms with Gasteiger partial charge in [-0.25, -0.2) is 0 Å². The van der Waals surface area contributed by atoms with Gasteiger partial charge in [0.25, 0.3) is 0 Å². The van der Waals surface area contributed by atoms with Crippen molar-refractivity contribution >= 4 is 6.34 Å². The van der Waals surface area contributed by atoms with Crippen LogP contribution < -0.4 is 5.32 Å². The zero-order chi connectivity index (χ0) is 8.55. The van der Waals surface area contributed by atoms with E-state index in [1.165, 1.54) is 13.0 Å². The van der Waals surface area contributed by atoms with Crippen LogP contribution in [0.4, 0.5) is 0 Å². The minimum absolute atomic E-state index is 0.556. The maximum Gasteiger partial charge on any atom is 0.0831 e. The summed E-state index contributed by atoms with van der Waals surface area (Å²) >= 11 is 0. The first-order valence-electron chi connectivity index (χ1n) is 4.79. The number of nitrogens with zero attached hydrogens (tertiary/aromatic N) is 2. The van der Waals surface area contributed by atoms with E-state index in [-0.39, 0.29) is 0 Å². The lowest BCUT2D eigenvalue weighted by Gasteiger charge is -2.36. The standard InChI is InChI=1S/C9H17N3/c1-7(2)12-4-3-8-9(5-12)11-6-10-8/h6-9H,3-5H2,1-2H3,(H,10,11). The van der Waals surface area contributed by atoms with E-state index < -0.39 is 0 Å². The molecule has 0 spiro atoms. The van der Waals surface area contributed by atoms with Gasteiger partial charge in [0.1, 0.15) is 0 Å². The van der Waals surface area contributed by atoms with E-state index in [1.807, 2.05) is 6.34 Å². The monoisotopic (exact) mass is 167 g/mol. The van der Waals surface area contributed by atoms with E-state index in [9.17, 15) is 0 Å². The summed E-state index contributed by atoms with van der Waals surface area (Å²) in [6, 6.07) is 1.81. The Morgan fingerprint density at radius 3 is 3.17 bits per heavy atom. The van der Waals surface area contributed by atoms with Gasteiger partial charge in [0.05, 0.1) is 18.4 Å². The Morgan fingerprint density at radius 2 is 2.42 bits per heavy atom.